The molecule has 0 unspecified atom stereocenters. The number of benzene rings is 1. The largest absolute Gasteiger partial charge is 0.508 e. The molecule has 15 heavy (non-hydrogen) atoms. The van der Waals surface area contributed by atoms with E-state index in [1.807, 2.05) is 6.92 Å². The first-order valence-corrected chi connectivity index (χ1v) is 5.11. The predicted octanol–water partition coefficient (Wildman–Crippen LogP) is 2.18. The van der Waals surface area contributed by atoms with Crippen LogP contribution in [0.4, 0.5) is 0 Å². The third kappa shape index (κ3) is 2.72. The average molecular weight is 207 g/mol. The first-order valence-electron chi connectivity index (χ1n) is 5.11. The van der Waals surface area contributed by atoms with Crippen LogP contribution in [-0.2, 0) is 0 Å². The van der Waals surface area contributed by atoms with Crippen molar-refractivity contribution in [2.24, 2.45) is 0 Å². The van der Waals surface area contributed by atoms with Crippen LogP contribution in [0.2, 0.25) is 0 Å². The molecule has 0 aliphatic carbocycles. The SMILES string of the molecule is CCCN(C)C(=O)c1ccc(O)c(C)c1. The molecule has 0 saturated heterocycles. The molecular formula is C12H17NO2. The van der Waals surface area contributed by atoms with E-state index in [2.05, 4.69) is 0 Å². The minimum atomic E-state index is -0.0000463. The number of phenols is 1. The number of hydrogen-bond acceptors (Lipinski definition) is 2. The molecule has 3 nitrogen and oxygen atoms in total. The van der Waals surface area contributed by atoms with Crippen molar-refractivity contribution in [1.82, 2.24) is 4.90 Å². The maximum absolute atomic E-state index is 11.8. The number of carbonyl (C=O) groups excluding carboxylic acids is 1. The van der Waals surface area contributed by atoms with Crippen molar-refractivity contribution in [3.05, 3.63) is 29.3 Å². The molecule has 0 atom stereocenters. The fourth-order valence-corrected chi connectivity index (χ4v) is 1.45. The van der Waals surface area contributed by atoms with Crippen LogP contribution in [0.25, 0.3) is 0 Å². The van der Waals surface area contributed by atoms with Gasteiger partial charge < -0.3 is 10.0 Å². The second kappa shape index (κ2) is 4.82. The van der Waals surface area contributed by atoms with Gasteiger partial charge in [-0.2, -0.15) is 0 Å². The molecule has 0 aromatic heterocycles. The molecule has 0 fully saturated rings. The molecule has 1 aromatic rings. The number of rotatable bonds is 3. The molecule has 1 amide bonds. The lowest BCUT2D eigenvalue weighted by atomic mass is 10.1. The van der Waals surface area contributed by atoms with Gasteiger partial charge in [-0.1, -0.05) is 6.92 Å². The second-order valence-corrected chi connectivity index (χ2v) is 3.73. The first-order chi connectivity index (χ1) is 7.06. The van der Waals surface area contributed by atoms with Gasteiger partial charge in [0.2, 0.25) is 0 Å². The van der Waals surface area contributed by atoms with Crippen molar-refractivity contribution in [2.75, 3.05) is 13.6 Å². The Morgan fingerprint density at radius 1 is 1.47 bits per heavy atom. The van der Waals surface area contributed by atoms with E-state index in [0.717, 1.165) is 18.5 Å². The molecule has 0 radical (unpaired) electrons. The summed E-state index contributed by atoms with van der Waals surface area (Å²) in [4.78, 5) is 13.5. The Bertz CT molecular complexity index is 361. The summed E-state index contributed by atoms with van der Waals surface area (Å²) < 4.78 is 0. The molecule has 0 heterocycles. The van der Waals surface area contributed by atoms with Gasteiger partial charge in [0.1, 0.15) is 5.75 Å². The monoisotopic (exact) mass is 207 g/mol. The molecule has 0 spiro atoms. The van der Waals surface area contributed by atoms with Gasteiger partial charge in [-0.3, -0.25) is 4.79 Å². The highest BCUT2D eigenvalue weighted by Gasteiger charge is 2.11. The van der Waals surface area contributed by atoms with E-state index in [1.54, 1.807) is 37.1 Å². The van der Waals surface area contributed by atoms with Crippen molar-refractivity contribution in [3.8, 4) is 5.75 Å². The molecule has 1 N–H and O–H groups in total. The van der Waals surface area contributed by atoms with E-state index in [4.69, 9.17) is 0 Å². The molecule has 0 aliphatic rings. The third-order valence-corrected chi connectivity index (χ3v) is 2.35. The first kappa shape index (κ1) is 11.6. The minimum absolute atomic E-state index is 0.0000463. The Labute approximate surface area is 90.3 Å². The van der Waals surface area contributed by atoms with Crippen LogP contribution in [0, 0.1) is 6.92 Å². The minimum Gasteiger partial charge on any atom is -0.508 e. The lowest BCUT2D eigenvalue weighted by molar-refractivity contribution is 0.0795. The molecule has 0 saturated carbocycles. The second-order valence-electron chi connectivity index (χ2n) is 3.73. The number of aryl methyl sites for hydroxylation is 1. The Morgan fingerprint density at radius 2 is 2.13 bits per heavy atom. The summed E-state index contributed by atoms with van der Waals surface area (Å²) in [5.41, 5.74) is 1.35. The maximum atomic E-state index is 11.8. The highest BCUT2D eigenvalue weighted by Crippen LogP contribution is 2.17. The van der Waals surface area contributed by atoms with Crippen molar-refractivity contribution < 1.29 is 9.90 Å². The lowest BCUT2D eigenvalue weighted by Crippen LogP contribution is -2.27. The third-order valence-electron chi connectivity index (χ3n) is 2.35. The number of aromatic hydroxyl groups is 1. The molecular weight excluding hydrogens is 190 g/mol. The smallest absolute Gasteiger partial charge is 0.253 e. The standard InChI is InChI=1S/C12H17NO2/c1-4-7-13(3)12(15)10-5-6-11(14)9(2)8-10/h5-6,8,14H,4,7H2,1-3H3. The van der Waals surface area contributed by atoms with E-state index < -0.39 is 0 Å². The summed E-state index contributed by atoms with van der Waals surface area (Å²) >= 11 is 0. The molecule has 3 heteroatoms. The van der Waals surface area contributed by atoms with Gasteiger partial charge in [-0.25, -0.2) is 0 Å². The van der Waals surface area contributed by atoms with Gasteiger partial charge in [-0.05, 0) is 37.1 Å². The quantitative estimate of drug-likeness (QED) is 0.825. The fraction of sp³-hybridized carbons (Fsp3) is 0.417. The van der Waals surface area contributed by atoms with Crippen LogP contribution < -0.4 is 0 Å². The van der Waals surface area contributed by atoms with Gasteiger partial charge in [0, 0.05) is 19.2 Å². The summed E-state index contributed by atoms with van der Waals surface area (Å²) in [6.07, 6.45) is 0.944. The summed E-state index contributed by atoms with van der Waals surface area (Å²) in [5.74, 6) is 0.227. The zero-order valence-electron chi connectivity index (χ0n) is 9.45. The van der Waals surface area contributed by atoms with Crippen LogP contribution >= 0.6 is 0 Å². The van der Waals surface area contributed by atoms with E-state index in [-0.39, 0.29) is 11.7 Å². The van der Waals surface area contributed by atoms with Crippen LogP contribution in [0.15, 0.2) is 18.2 Å². The summed E-state index contributed by atoms with van der Waals surface area (Å²) in [5, 5.41) is 9.34. The highest BCUT2D eigenvalue weighted by atomic mass is 16.3. The van der Waals surface area contributed by atoms with Crippen molar-refractivity contribution in [1.29, 1.82) is 0 Å². The van der Waals surface area contributed by atoms with Gasteiger partial charge in [-0.15, -0.1) is 0 Å². The zero-order chi connectivity index (χ0) is 11.4. The van der Waals surface area contributed by atoms with E-state index in [0.29, 0.717) is 5.56 Å². The molecule has 0 bridgehead atoms. The summed E-state index contributed by atoms with van der Waals surface area (Å²) in [7, 11) is 1.79. The number of nitrogens with zero attached hydrogens (tertiary/aromatic N) is 1. The van der Waals surface area contributed by atoms with Crippen LogP contribution in [0.3, 0.4) is 0 Å². The van der Waals surface area contributed by atoms with Crippen molar-refractivity contribution in [3.63, 3.8) is 0 Å². The van der Waals surface area contributed by atoms with Gasteiger partial charge in [0.15, 0.2) is 0 Å². The Kier molecular flexibility index (Phi) is 3.72. The van der Waals surface area contributed by atoms with Gasteiger partial charge in [0.05, 0.1) is 0 Å². The lowest BCUT2D eigenvalue weighted by Gasteiger charge is -2.16. The van der Waals surface area contributed by atoms with Crippen molar-refractivity contribution >= 4 is 5.91 Å². The number of carbonyl (C=O) groups is 1. The molecule has 1 aromatic carbocycles. The van der Waals surface area contributed by atoms with Gasteiger partial charge >= 0.3 is 0 Å². The topological polar surface area (TPSA) is 40.5 Å². The summed E-state index contributed by atoms with van der Waals surface area (Å²) in [6.45, 7) is 4.57. The van der Waals surface area contributed by atoms with Crippen LogP contribution in [-0.4, -0.2) is 29.5 Å². The normalized spacial score (nSPS) is 10.1. The molecule has 82 valence electrons. The average Bonchev–Trinajstić information content (AvgIpc) is 2.21. The predicted molar refractivity (Wildman–Crippen MR) is 60.1 cm³/mol. The Hall–Kier alpha value is -1.51. The van der Waals surface area contributed by atoms with E-state index in [9.17, 15) is 9.90 Å². The number of hydrogen-bond donors (Lipinski definition) is 1. The number of amides is 1. The number of phenolic OH excluding ortho intramolecular Hbond substituents is 1. The van der Waals surface area contributed by atoms with Crippen LogP contribution in [0.1, 0.15) is 29.3 Å². The molecule has 1 rings (SSSR count). The fourth-order valence-electron chi connectivity index (χ4n) is 1.45. The highest BCUT2D eigenvalue weighted by molar-refractivity contribution is 5.94. The maximum Gasteiger partial charge on any atom is 0.253 e. The summed E-state index contributed by atoms with van der Waals surface area (Å²) in [6, 6.07) is 4.92. The Balaban J connectivity index is 2.87. The van der Waals surface area contributed by atoms with E-state index >= 15 is 0 Å². The Morgan fingerprint density at radius 3 is 2.67 bits per heavy atom. The zero-order valence-corrected chi connectivity index (χ0v) is 9.45. The van der Waals surface area contributed by atoms with Crippen LogP contribution in [0.5, 0.6) is 5.75 Å². The van der Waals surface area contributed by atoms with Gasteiger partial charge in [0.25, 0.3) is 5.91 Å². The van der Waals surface area contributed by atoms with E-state index in [1.165, 1.54) is 0 Å². The van der Waals surface area contributed by atoms with Crippen molar-refractivity contribution in [2.45, 2.75) is 20.3 Å². The molecule has 0 aliphatic heterocycles.